The van der Waals surface area contributed by atoms with E-state index in [1.807, 2.05) is 24.3 Å². The van der Waals surface area contributed by atoms with Gasteiger partial charge in [-0.3, -0.25) is 8.98 Å². The highest BCUT2D eigenvalue weighted by Crippen LogP contribution is 2.17. The van der Waals surface area contributed by atoms with Gasteiger partial charge in [0.15, 0.2) is 0 Å². The Hall–Kier alpha value is -1.99. The Balaban J connectivity index is 2.12. The minimum Gasteiger partial charge on any atom is -0.270 e. The first-order valence-corrected chi connectivity index (χ1v) is 7.75. The standard InChI is InChI=1S/C13H14N2O4S/c1-20(17,18)19-8-7-10-3-2-4-11(9-10)12-5-6-13(16)15-14-12/h2-6,9H,7-8H2,1H3,(H,15,16). The highest BCUT2D eigenvalue weighted by atomic mass is 32.2. The number of hydrogen-bond donors (Lipinski definition) is 1. The molecule has 0 saturated heterocycles. The van der Waals surface area contributed by atoms with Crippen molar-refractivity contribution >= 4 is 10.1 Å². The van der Waals surface area contributed by atoms with Crippen molar-refractivity contribution in [3.8, 4) is 11.3 Å². The molecule has 7 heteroatoms. The van der Waals surface area contributed by atoms with Gasteiger partial charge in [-0.05, 0) is 24.1 Å². The van der Waals surface area contributed by atoms with Crippen molar-refractivity contribution in [2.75, 3.05) is 12.9 Å². The molecular weight excluding hydrogens is 280 g/mol. The molecular formula is C13H14N2O4S. The Morgan fingerprint density at radius 3 is 2.70 bits per heavy atom. The van der Waals surface area contributed by atoms with Crippen LogP contribution in [-0.4, -0.2) is 31.5 Å². The van der Waals surface area contributed by atoms with Crippen molar-refractivity contribution in [1.29, 1.82) is 0 Å². The normalized spacial score (nSPS) is 11.4. The minimum atomic E-state index is -3.41. The van der Waals surface area contributed by atoms with Crippen LogP contribution in [0, 0.1) is 0 Å². The second-order valence-corrected chi connectivity index (χ2v) is 5.93. The number of benzene rings is 1. The van der Waals surface area contributed by atoms with E-state index >= 15 is 0 Å². The van der Waals surface area contributed by atoms with Gasteiger partial charge in [0.25, 0.3) is 15.7 Å². The SMILES string of the molecule is CS(=O)(=O)OCCc1cccc(-c2ccc(=O)[nH]n2)c1. The van der Waals surface area contributed by atoms with Gasteiger partial charge in [-0.15, -0.1) is 0 Å². The zero-order valence-corrected chi connectivity index (χ0v) is 11.7. The summed E-state index contributed by atoms with van der Waals surface area (Å²) in [5, 5.41) is 6.32. The van der Waals surface area contributed by atoms with E-state index in [2.05, 4.69) is 10.2 Å². The molecule has 0 unspecified atom stereocenters. The first kappa shape index (κ1) is 14.4. The quantitative estimate of drug-likeness (QED) is 0.829. The van der Waals surface area contributed by atoms with E-state index in [9.17, 15) is 13.2 Å². The minimum absolute atomic E-state index is 0.0985. The molecule has 0 aliphatic heterocycles. The van der Waals surface area contributed by atoms with Crippen molar-refractivity contribution < 1.29 is 12.6 Å². The lowest BCUT2D eigenvalue weighted by Gasteiger charge is -2.05. The number of H-pyrrole nitrogens is 1. The molecule has 0 aliphatic rings. The van der Waals surface area contributed by atoms with E-state index in [1.165, 1.54) is 6.07 Å². The molecule has 0 radical (unpaired) electrons. The zero-order valence-electron chi connectivity index (χ0n) is 10.9. The topological polar surface area (TPSA) is 89.1 Å². The molecule has 0 aliphatic carbocycles. The van der Waals surface area contributed by atoms with E-state index < -0.39 is 10.1 Å². The Morgan fingerprint density at radius 2 is 2.05 bits per heavy atom. The van der Waals surface area contributed by atoms with Crippen LogP contribution in [0.4, 0.5) is 0 Å². The van der Waals surface area contributed by atoms with Gasteiger partial charge in [-0.1, -0.05) is 18.2 Å². The lowest BCUT2D eigenvalue weighted by atomic mass is 10.1. The molecule has 1 N–H and O–H groups in total. The number of rotatable bonds is 5. The third-order valence-corrected chi connectivity index (χ3v) is 3.18. The van der Waals surface area contributed by atoms with Gasteiger partial charge in [-0.25, -0.2) is 5.10 Å². The summed E-state index contributed by atoms with van der Waals surface area (Å²) in [5.74, 6) is 0. The number of aromatic amines is 1. The molecule has 0 fully saturated rings. The summed E-state index contributed by atoms with van der Waals surface area (Å²) in [6, 6.07) is 10.5. The van der Waals surface area contributed by atoms with E-state index in [0.29, 0.717) is 12.1 Å². The van der Waals surface area contributed by atoms with E-state index in [0.717, 1.165) is 17.4 Å². The van der Waals surface area contributed by atoms with Crippen molar-refractivity contribution in [1.82, 2.24) is 10.2 Å². The smallest absolute Gasteiger partial charge is 0.264 e. The predicted octanol–water partition coefficient (Wildman–Crippen LogP) is 0.956. The maximum Gasteiger partial charge on any atom is 0.264 e. The number of hydrogen-bond acceptors (Lipinski definition) is 5. The van der Waals surface area contributed by atoms with Crippen molar-refractivity contribution in [3.05, 3.63) is 52.3 Å². The van der Waals surface area contributed by atoms with Crippen LogP contribution in [0.3, 0.4) is 0 Å². The van der Waals surface area contributed by atoms with E-state index in [4.69, 9.17) is 4.18 Å². The van der Waals surface area contributed by atoms with Crippen molar-refractivity contribution in [3.63, 3.8) is 0 Å². The third-order valence-electron chi connectivity index (χ3n) is 2.59. The van der Waals surface area contributed by atoms with Crippen molar-refractivity contribution in [2.24, 2.45) is 0 Å². The fraction of sp³-hybridized carbons (Fsp3) is 0.231. The summed E-state index contributed by atoms with van der Waals surface area (Å²) < 4.78 is 26.5. The molecule has 6 nitrogen and oxygen atoms in total. The third kappa shape index (κ3) is 4.29. The molecule has 0 spiro atoms. The number of nitrogens with zero attached hydrogens (tertiary/aromatic N) is 1. The van der Waals surface area contributed by atoms with E-state index in [1.54, 1.807) is 6.07 Å². The Kier molecular flexibility index (Phi) is 4.31. The molecule has 20 heavy (non-hydrogen) atoms. The molecule has 1 aromatic carbocycles. The maximum atomic E-state index is 11.0. The van der Waals surface area contributed by atoms with Crippen LogP contribution in [0.15, 0.2) is 41.2 Å². The monoisotopic (exact) mass is 294 g/mol. The Morgan fingerprint density at radius 1 is 1.25 bits per heavy atom. The van der Waals surface area contributed by atoms with Crippen LogP contribution in [0.1, 0.15) is 5.56 Å². The first-order valence-electron chi connectivity index (χ1n) is 5.93. The Bertz CT molecular complexity index is 732. The maximum absolute atomic E-state index is 11.0. The molecule has 0 atom stereocenters. The lowest BCUT2D eigenvalue weighted by molar-refractivity contribution is 0.326. The zero-order chi connectivity index (χ0) is 14.6. The fourth-order valence-electron chi connectivity index (χ4n) is 1.70. The van der Waals surface area contributed by atoms with Gasteiger partial charge in [0.1, 0.15) is 0 Å². The summed E-state index contributed by atoms with van der Waals surface area (Å²) in [7, 11) is -3.41. The van der Waals surface area contributed by atoms with Crippen LogP contribution in [-0.2, 0) is 20.7 Å². The second-order valence-electron chi connectivity index (χ2n) is 4.28. The molecule has 1 heterocycles. The summed E-state index contributed by atoms with van der Waals surface area (Å²) in [6.07, 6.45) is 1.50. The summed E-state index contributed by atoms with van der Waals surface area (Å²) in [5.41, 5.74) is 2.17. The predicted molar refractivity (Wildman–Crippen MR) is 74.8 cm³/mol. The van der Waals surface area contributed by atoms with Crippen LogP contribution in [0.25, 0.3) is 11.3 Å². The largest absolute Gasteiger partial charge is 0.270 e. The average molecular weight is 294 g/mol. The summed E-state index contributed by atoms with van der Waals surface area (Å²) in [4.78, 5) is 11.0. The number of nitrogens with one attached hydrogen (secondary N) is 1. The molecule has 0 bridgehead atoms. The molecule has 2 aromatic rings. The molecule has 0 saturated carbocycles. The lowest BCUT2D eigenvalue weighted by Crippen LogP contribution is -2.07. The van der Waals surface area contributed by atoms with Gasteiger partial charge in [0.05, 0.1) is 18.6 Å². The van der Waals surface area contributed by atoms with Gasteiger partial charge in [-0.2, -0.15) is 13.5 Å². The molecule has 0 amide bonds. The summed E-state index contributed by atoms with van der Waals surface area (Å²) in [6.45, 7) is 0.0985. The average Bonchev–Trinajstić information content (AvgIpc) is 2.38. The van der Waals surface area contributed by atoms with Gasteiger partial charge in [0, 0.05) is 11.6 Å². The van der Waals surface area contributed by atoms with Gasteiger partial charge in [0.2, 0.25) is 0 Å². The van der Waals surface area contributed by atoms with Gasteiger partial charge < -0.3 is 0 Å². The van der Waals surface area contributed by atoms with Crippen molar-refractivity contribution in [2.45, 2.75) is 6.42 Å². The molecule has 2 rings (SSSR count). The highest BCUT2D eigenvalue weighted by molar-refractivity contribution is 7.85. The van der Waals surface area contributed by atoms with E-state index in [-0.39, 0.29) is 12.2 Å². The molecule has 1 aromatic heterocycles. The van der Waals surface area contributed by atoms with Crippen LogP contribution in [0.2, 0.25) is 0 Å². The van der Waals surface area contributed by atoms with Crippen LogP contribution in [0.5, 0.6) is 0 Å². The Labute approximate surface area is 116 Å². The van der Waals surface area contributed by atoms with Crippen LogP contribution >= 0.6 is 0 Å². The summed E-state index contributed by atoms with van der Waals surface area (Å²) >= 11 is 0. The first-order chi connectivity index (χ1) is 9.44. The second kappa shape index (κ2) is 5.98. The fourth-order valence-corrected chi connectivity index (χ4v) is 2.09. The van der Waals surface area contributed by atoms with Crippen LogP contribution < -0.4 is 5.56 Å². The van der Waals surface area contributed by atoms with Gasteiger partial charge >= 0.3 is 0 Å². The molecule has 106 valence electrons. The number of aromatic nitrogens is 2. The highest BCUT2D eigenvalue weighted by Gasteiger charge is 2.04.